The molecule has 2 aromatic rings. The molecule has 20 heavy (non-hydrogen) atoms. The maximum Gasteiger partial charge on any atom is 0.489 e. The lowest BCUT2D eigenvalue weighted by Gasteiger charge is -2.07. The van der Waals surface area contributed by atoms with Crippen molar-refractivity contribution >= 4 is 23.9 Å². The first-order valence-electron chi connectivity index (χ1n) is 5.78. The Labute approximate surface area is 120 Å². The van der Waals surface area contributed by atoms with Crippen LogP contribution in [0, 0.1) is 11.3 Å². The van der Waals surface area contributed by atoms with E-state index in [1.807, 2.05) is 6.07 Å². The highest BCUT2D eigenvalue weighted by atomic mass is 32.1. The quantitative estimate of drug-likeness (QED) is 0.799. The number of hydrogen-bond acceptors (Lipinski definition) is 6. The van der Waals surface area contributed by atoms with Crippen molar-refractivity contribution in [2.75, 3.05) is 7.11 Å². The molecule has 1 heterocycles. The number of nitrogens with zero attached hydrogens (tertiary/aromatic N) is 1. The molecular formula is C13H12BNO4S. The summed E-state index contributed by atoms with van der Waals surface area (Å²) in [5.41, 5.74) is 0.896. The first kappa shape index (κ1) is 14.4. The van der Waals surface area contributed by atoms with Crippen molar-refractivity contribution in [3.8, 4) is 17.6 Å². The summed E-state index contributed by atoms with van der Waals surface area (Å²) >= 11 is 1.39. The summed E-state index contributed by atoms with van der Waals surface area (Å²) in [6.07, 6.45) is 0. The average molecular weight is 289 g/mol. The van der Waals surface area contributed by atoms with E-state index in [0.29, 0.717) is 29.1 Å². The van der Waals surface area contributed by atoms with Crippen molar-refractivity contribution in [2.45, 2.75) is 6.61 Å². The van der Waals surface area contributed by atoms with Gasteiger partial charge in [-0.2, -0.15) is 5.26 Å². The summed E-state index contributed by atoms with van der Waals surface area (Å²) in [6, 6.07) is 8.67. The van der Waals surface area contributed by atoms with Crippen LogP contribution in [0.2, 0.25) is 0 Å². The maximum absolute atomic E-state index is 9.02. The van der Waals surface area contributed by atoms with Crippen LogP contribution >= 0.6 is 11.3 Å². The van der Waals surface area contributed by atoms with Gasteiger partial charge in [-0.05, 0) is 29.0 Å². The fraction of sp³-hybridized carbons (Fsp3) is 0.154. The van der Waals surface area contributed by atoms with Crippen molar-refractivity contribution < 1.29 is 19.5 Å². The summed E-state index contributed by atoms with van der Waals surface area (Å²) in [4.78, 5) is 0.872. The molecule has 2 N–H and O–H groups in total. The molecule has 0 radical (unpaired) electrons. The summed E-state index contributed by atoms with van der Waals surface area (Å²) < 4.78 is 10.7. The maximum atomic E-state index is 9.02. The van der Waals surface area contributed by atoms with Gasteiger partial charge >= 0.3 is 7.12 Å². The zero-order valence-corrected chi connectivity index (χ0v) is 11.6. The molecule has 102 valence electrons. The van der Waals surface area contributed by atoms with Gasteiger partial charge in [0.2, 0.25) is 0 Å². The molecule has 0 aliphatic carbocycles. The number of nitriles is 1. The Balaban J connectivity index is 2.05. The Hall–Kier alpha value is -2.01. The molecule has 7 heteroatoms. The third-order valence-corrected chi connectivity index (χ3v) is 3.58. The molecule has 0 bridgehead atoms. The van der Waals surface area contributed by atoms with Crippen LogP contribution in [-0.2, 0) is 6.61 Å². The van der Waals surface area contributed by atoms with Crippen molar-refractivity contribution in [3.05, 3.63) is 40.1 Å². The topological polar surface area (TPSA) is 82.7 Å². The second-order valence-corrected chi connectivity index (χ2v) is 4.98. The number of thiophene rings is 1. The van der Waals surface area contributed by atoms with Gasteiger partial charge in [-0.3, -0.25) is 0 Å². The van der Waals surface area contributed by atoms with Crippen molar-refractivity contribution in [3.63, 3.8) is 0 Å². The highest BCUT2D eigenvalue weighted by Crippen LogP contribution is 2.25. The lowest BCUT2D eigenvalue weighted by molar-refractivity contribution is 0.307. The molecule has 0 fully saturated rings. The van der Waals surface area contributed by atoms with Gasteiger partial charge in [0, 0.05) is 10.9 Å². The number of rotatable bonds is 5. The SMILES string of the molecule is COc1cc(OCc2cc(B(O)O)cs2)ccc1C#N. The molecule has 5 nitrogen and oxygen atoms in total. The van der Waals surface area contributed by atoms with Crippen LogP contribution in [-0.4, -0.2) is 24.3 Å². The van der Waals surface area contributed by atoms with Gasteiger partial charge in [-0.1, -0.05) is 0 Å². The smallest absolute Gasteiger partial charge is 0.489 e. The van der Waals surface area contributed by atoms with E-state index < -0.39 is 7.12 Å². The molecule has 0 aliphatic rings. The van der Waals surface area contributed by atoms with E-state index in [1.165, 1.54) is 18.4 Å². The Kier molecular flexibility index (Phi) is 4.63. The fourth-order valence-electron chi connectivity index (χ4n) is 1.62. The molecule has 0 unspecified atom stereocenters. The molecule has 0 atom stereocenters. The lowest BCUT2D eigenvalue weighted by atomic mass is 9.83. The van der Waals surface area contributed by atoms with Crippen molar-refractivity contribution in [1.82, 2.24) is 0 Å². The van der Waals surface area contributed by atoms with Crippen LogP contribution < -0.4 is 14.9 Å². The Morgan fingerprint density at radius 2 is 2.15 bits per heavy atom. The second-order valence-electron chi connectivity index (χ2n) is 3.98. The highest BCUT2D eigenvalue weighted by molar-refractivity contribution is 7.11. The van der Waals surface area contributed by atoms with Crippen LogP contribution in [0.25, 0.3) is 0 Å². The van der Waals surface area contributed by atoms with Gasteiger partial charge in [-0.15, -0.1) is 11.3 Å². The van der Waals surface area contributed by atoms with Gasteiger partial charge in [0.15, 0.2) is 0 Å². The predicted octanol–water partition coefficient (Wildman–Crippen LogP) is 0.887. The van der Waals surface area contributed by atoms with E-state index in [9.17, 15) is 0 Å². The Bertz CT molecular complexity index is 636. The first-order valence-corrected chi connectivity index (χ1v) is 6.66. The molecule has 1 aromatic carbocycles. The van der Waals surface area contributed by atoms with Gasteiger partial charge in [0.05, 0.1) is 12.7 Å². The molecule has 0 amide bonds. The highest BCUT2D eigenvalue weighted by Gasteiger charge is 2.13. The van der Waals surface area contributed by atoms with Gasteiger partial charge in [-0.25, -0.2) is 0 Å². The van der Waals surface area contributed by atoms with Gasteiger partial charge in [0.1, 0.15) is 24.2 Å². The number of ether oxygens (including phenoxy) is 2. The predicted molar refractivity (Wildman–Crippen MR) is 76.2 cm³/mol. The molecule has 0 saturated carbocycles. The molecule has 0 spiro atoms. The zero-order chi connectivity index (χ0) is 14.5. The Morgan fingerprint density at radius 3 is 2.75 bits per heavy atom. The van der Waals surface area contributed by atoms with E-state index in [-0.39, 0.29) is 0 Å². The van der Waals surface area contributed by atoms with E-state index in [2.05, 4.69) is 0 Å². The normalized spacial score (nSPS) is 9.90. The van der Waals surface area contributed by atoms with E-state index in [0.717, 1.165) is 4.88 Å². The third kappa shape index (κ3) is 3.30. The minimum absolute atomic E-state index is 0.312. The summed E-state index contributed by atoms with van der Waals surface area (Å²) in [7, 11) is 0.0312. The minimum Gasteiger partial charge on any atom is -0.495 e. The van der Waals surface area contributed by atoms with E-state index in [1.54, 1.807) is 29.6 Å². The summed E-state index contributed by atoms with van der Waals surface area (Å²) in [5.74, 6) is 1.04. The number of methoxy groups -OCH3 is 1. The van der Waals surface area contributed by atoms with Crippen LogP contribution in [0.5, 0.6) is 11.5 Å². The monoisotopic (exact) mass is 289 g/mol. The van der Waals surface area contributed by atoms with E-state index in [4.69, 9.17) is 24.8 Å². The van der Waals surface area contributed by atoms with Gasteiger partial charge < -0.3 is 19.5 Å². The standard InChI is InChI=1S/C13H12BNO4S/c1-18-13-5-11(3-2-9(13)6-15)19-7-12-4-10(8-20-12)14(16)17/h2-5,8,16-17H,7H2,1H3. The van der Waals surface area contributed by atoms with Crippen molar-refractivity contribution in [1.29, 1.82) is 5.26 Å². The molecule has 2 rings (SSSR count). The van der Waals surface area contributed by atoms with Crippen LogP contribution in [0.4, 0.5) is 0 Å². The zero-order valence-electron chi connectivity index (χ0n) is 10.7. The fourth-order valence-corrected chi connectivity index (χ4v) is 2.43. The van der Waals surface area contributed by atoms with Crippen molar-refractivity contribution in [2.24, 2.45) is 0 Å². The molecular weight excluding hydrogens is 277 g/mol. The van der Waals surface area contributed by atoms with Gasteiger partial charge in [0.25, 0.3) is 0 Å². The van der Waals surface area contributed by atoms with Crippen LogP contribution in [0.3, 0.4) is 0 Å². The minimum atomic E-state index is -1.46. The number of benzene rings is 1. The number of hydrogen-bond donors (Lipinski definition) is 2. The largest absolute Gasteiger partial charge is 0.495 e. The lowest BCUT2D eigenvalue weighted by Crippen LogP contribution is -2.27. The molecule has 0 aliphatic heterocycles. The Morgan fingerprint density at radius 1 is 1.35 bits per heavy atom. The van der Waals surface area contributed by atoms with Crippen LogP contribution in [0.15, 0.2) is 29.6 Å². The summed E-state index contributed by atoms with van der Waals surface area (Å²) in [5, 5.41) is 28.6. The third-order valence-electron chi connectivity index (χ3n) is 2.65. The molecule has 0 saturated heterocycles. The van der Waals surface area contributed by atoms with E-state index >= 15 is 0 Å². The second kappa shape index (κ2) is 6.43. The van der Waals surface area contributed by atoms with Crippen LogP contribution in [0.1, 0.15) is 10.4 Å². The molecule has 1 aromatic heterocycles. The first-order chi connectivity index (χ1) is 9.63. The summed E-state index contributed by atoms with van der Waals surface area (Å²) in [6.45, 7) is 0.312. The average Bonchev–Trinajstić information content (AvgIpc) is 2.94.